The molecular weight excluding hydrogens is 328 g/mol. The normalized spacial score (nSPS) is 16.1. The zero-order valence-electron chi connectivity index (χ0n) is 16.9. The summed E-state index contributed by atoms with van der Waals surface area (Å²) in [4.78, 5) is 9.27. The summed E-state index contributed by atoms with van der Waals surface area (Å²) in [5, 5.41) is 6.86. The van der Waals surface area contributed by atoms with Gasteiger partial charge < -0.3 is 20.1 Å². The average molecular weight is 363 g/mol. The molecule has 0 amide bonds. The lowest BCUT2D eigenvalue weighted by molar-refractivity contribution is 0.0732. The number of rotatable bonds is 9. The van der Waals surface area contributed by atoms with Crippen LogP contribution in [0.25, 0.3) is 0 Å². The van der Waals surface area contributed by atoms with E-state index in [4.69, 9.17) is 14.5 Å². The van der Waals surface area contributed by atoms with E-state index >= 15 is 0 Å². The first-order chi connectivity index (χ1) is 12.5. The third-order valence-corrected chi connectivity index (χ3v) is 5.36. The molecule has 0 aliphatic heterocycles. The van der Waals surface area contributed by atoms with Crippen LogP contribution in [0.1, 0.15) is 49.4 Å². The van der Waals surface area contributed by atoms with Gasteiger partial charge in [0.15, 0.2) is 5.96 Å². The van der Waals surface area contributed by atoms with Crippen LogP contribution >= 0.6 is 0 Å². The zero-order chi connectivity index (χ0) is 19.0. The molecule has 0 atom stereocenters. The van der Waals surface area contributed by atoms with Crippen LogP contribution in [0.15, 0.2) is 11.2 Å². The number of nitrogens with one attached hydrogen (secondary N) is 2. The maximum atomic E-state index is 5.49. The van der Waals surface area contributed by atoms with Crippen molar-refractivity contribution in [2.24, 2.45) is 10.4 Å². The van der Waals surface area contributed by atoms with Gasteiger partial charge in [0.25, 0.3) is 0 Å². The maximum absolute atomic E-state index is 5.49. The minimum Gasteiger partial charge on any atom is -0.496 e. The van der Waals surface area contributed by atoms with E-state index in [9.17, 15) is 0 Å². The lowest BCUT2D eigenvalue weighted by Gasteiger charge is -2.42. The van der Waals surface area contributed by atoms with Gasteiger partial charge in [0, 0.05) is 44.1 Å². The van der Waals surface area contributed by atoms with Crippen LogP contribution in [-0.2, 0) is 11.3 Å². The van der Waals surface area contributed by atoms with E-state index in [0.29, 0.717) is 12.0 Å². The Morgan fingerprint density at radius 2 is 2.04 bits per heavy atom. The molecule has 2 N–H and O–H groups in total. The molecule has 1 aromatic heterocycles. The van der Waals surface area contributed by atoms with Gasteiger partial charge in [-0.3, -0.25) is 4.98 Å². The third-order valence-electron chi connectivity index (χ3n) is 5.36. The van der Waals surface area contributed by atoms with Crippen LogP contribution < -0.4 is 15.4 Å². The first-order valence-electron chi connectivity index (χ1n) is 9.55. The van der Waals surface area contributed by atoms with Crippen LogP contribution in [0.3, 0.4) is 0 Å². The van der Waals surface area contributed by atoms with E-state index in [0.717, 1.165) is 54.6 Å². The Balaban J connectivity index is 2.02. The summed E-state index contributed by atoms with van der Waals surface area (Å²) in [6.45, 7) is 9.25. The van der Waals surface area contributed by atoms with Gasteiger partial charge in [-0.15, -0.1) is 0 Å². The predicted molar refractivity (Wildman–Crippen MR) is 106 cm³/mol. The molecule has 6 heteroatoms. The zero-order valence-corrected chi connectivity index (χ0v) is 16.9. The standard InChI is InChI=1S/C20H34N4O2/c1-6-21-19(24-14-20(8-7-9-20)10-11-25-4)23-13-17-16(3)18(26-5)15(2)12-22-17/h12H,6-11,13-14H2,1-5H3,(H2,21,23,24). The number of hydrogen-bond donors (Lipinski definition) is 2. The van der Waals surface area contributed by atoms with Gasteiger partial charge in [0.2, 0.25) is 0 Å². The molecule has 0 spiro atoms. The smallest absolute Gasteiger partial charge is 0.191 e. The summed E-state index contributed by atoms with van der Waals surface area (Å²) in [6.07, 6.45) is 6.79. The molecule has 26 heavy (non-hydrogen) atoms. The van der Waals surface area contributed by atoms with E-state index in [1.807, 2.05) is 20.0 Å². The molecule has 146 valence electrons. The Labute approximate surface area is 157 Å². The summed E-state index contributed by atoms with van der Waals surface area (Å²) in [6, 6.07) is 0. The number of aromatic nitrogens is 1. The number of aliphatic imine (C=N–C) groups is 1. The van der Waals surface area contributed by atoms with Crippen molar-refractivity contribution < 1.29 is 9.47 Å². The van der Waals surface area contributed by atoms with E-state index < -0.39 is 0 Å². The van der Waals surface area contributed by atoms with Gasteiger partial charge >= 0.3 is 0 Å². The van der Waals surface area contributed by atoms with E-state index in [1.54, 1.807) is 14.2 Å². The van der Waals surface area contributed by atoms with E-state index in [2.05, 4.69) is 22.5 Å². The van der Waals surface area contributed by atoms with Crippen molar-refractivity contribution in [1.82, 2.24) is 15.6 Å². The summed E-state index contributed by atoms with van der Waals surface area (Å²) < 4.78 is 10.8. The van der Waals surface area contributed by atoms with Crippen LogP contribution in [-0.4, -0.2) is 44.9 Å². The largest absolute Gasteiger partial charge is 0.496 e. The van der Waals surface area contributed by atoms with Crippen LogP contribution in [0.2, 0.25) is 0 Å². The fourth-order valence-corrected chi connectivity index (χ4v) is 3.51. The van der Waals surface area contributed by atoms with Gasteiger partial charge in [0.05, 0.1) is 19.3 Å². The van der Waals surface area contributed by atoms with E-state index in [1.165, 1.54) is 19.3 Å². The first-order valence-corrected chi connectivity index (χ1v) is 9.55. The van der Waals surface area contributed by atoms with Crippen molar-refractivity contribution in [3.05, 3.63) is 23.0 Å². The minimum absolute atomic E-state index is 0.355. The molecule has 1 fully saturated rings. The monoisotopic (exact) mass is 362 g/mol. The topological polar surface area (TPSA) is 67.8 Å². The van der Waals surface area contributed by atoms with Crippen molar-refractivity contribution in [2.75, 3.05) is 33.9 Å². The molecular formula is C20H34N4O2. The second-order valence-corrected chi connectivity index (χ2v) is 7.19. The lowest BCUT2D eigenvalue weighted by atomic mass is 9.67. The summed E-state index contributed by atoms with van der Waals surface area (Å²) in [5.74, 6) is 1.74. The highest BCUT2D eigenvalue weighted by atomic mass is 16.5. The van der Waals surface area contributed by atoms with Crippen LogP contribution in [0.5, 0.6) is 5.75 Å². The number of guanidine groups is 1. The Kier molecular flexibility index (Phi) is 7.69. The second kappa shape index (κ2) is 9.76. The van der Waals surface area contributed by atoms with Crippen molar-refractivity contribution in [1.29, 1.82) is 0 Å². The first kappa shape index (κ1) is 20.5. The molecule has 0 unspecified atom stereocenters. The quantitative estimate of drug-likeness (QED) is 0.522. The summed E-state index contributed by atoms with van der Waals surface area (Å²) in [7, 11) is 3.47. The highest BCUT2D eigenvalue weighted by Crippen LogP contribution is 2.43. The number of nitrogens with zero attached hydrogens (tertiary/aromatic N) is 2. The third kappa shape index (κ3) is 5.10. The van der Waals surface area contributed by atoms with Gasteiger partial charge in [-0.2, -0.15) is 0 Å². The molecule has 1 aliphatic carbocycles. The molecule has 2 rings (SSSR count). The number of ether oxygens (including phenoxy) is 2. The van der Waals surface area contributed by atoms with Gasteiger partial charge in [-0.05, 0) is 45.4 Å². The number of pyridine rings is 1. The summed E-state index contributed by atoms with van der Waals surface area (Å²) >= 11 is 0. The molecule has 6 nitrogen and oxygen atoms in total. The molecule has 0 aromatic carbocycles. The highest BCUT2D eigenvalue weighted by Gasteiger charge is 2.36. The van der Waals surface area contributed by atoms with Crippen molar-refractivity contribution >= 4 is 5.96 Å². The molecule has 1 saturated carbocycles. The van der Waals surface area contributed by atoms with Crippen molar-refractivity contribution in [2.45, 2.75) is 53.0 Å². The number of hydrogen-bond acceptors (Lipinski definition) is 4. The number of methoxy groups -OCH3 is 2. The van der Waals surface area contributed by atoms with Gasteiger partial charge in [0.1, 0.15) is 5.75 Å². The molecule has 0 saturated heterocycles. The van der Waals surface area contributed by atoms with Gasteiger partial charge in [-0.1, -0.05) is 6.42 Å². The molecule has 1 aromatic rings. The van der Waals surface area contributed by atoms with Crippen molar-refractivity contribution in [3.63, 3.8) is 0 Å². The minimum atomic E-state index is 0.355. The van der Waals surface area contributed by atoms with Gasteiger partial charge in [-0.25, -0.2) is 4.99 Å². The Hall–Kier alpha value is -1.82. The highest BCUT2D eigenvalue weighted by molar-refractivity contribution is 5.79. The number of aryl methyl sites for hydroxylation is 1. The SMILES string of the molecule is CCNC(=NCc1ncc(C)c(OC)c1C)NCC1(CCOC)CCC1. The second-order valence-electron chi connectivity index (χ2n) is 7.19. The molecule has 1 aliphatic rings. The fourth-order valence-electron chi connectivity index (χ4n) is 3.51. The van der Waals surface area contributed by atoms with Crippen LogP contribution in [0.4, 0.5) is 0 Å². The Morgan fingerprint density at radius 3 is 2.62 bits per heavy atom. The Bertz CT molecular complexity index is 612. The molecule has 0 radical (unpaired) electrons. The lowest BCUT2D eigenvalue weighted by Crippen LogP contribution is -2.47. The van der Waals surface area contributed by atoms with Crippen molar-refractivity contribution in [3.8, 4) is 5.75 Å². The average Bonchev–Trinajstić information content (AvgIpc) is 2.60. The Morgan fingerprint density at radius 1 is 1.27 bits per heavy atom. The fraction of sp³-hybridized carbons (Fsp3) is 0.700. The molecule has 0 bridgehead atoms. The molecule has 1 heterocycles. The predicted octanol–water partition coefficient (Wildman–Crippen LogP) is 2.97. The van der Waals surface area contributed by atoms with E-state index in [-0.39, 0.29) is 0 Å². The maximum Gasteiger partial charge on any atom is 0.191 e. The van der Waals surface area contributed by atoms with Crippen LogP contribution in [0, 0.1) is 19.3 Å². The summed E-state index contributed by atoms with van der Waals surface area (Å²) in [5.41, 5.74) is 3.41.